The Morgan fingerprint density at radius 1 is 1.08 bits per heavy atom. The predicted molar refractivity (Wildman–Crippen MR) is 185 cm³/mol. The van der Waals surface area contributed by atoms with Gasteiger partial charge in [0.05, 0.1) is 37.1 Å². The van der Waals surface area contributed by atoms with Crippen molar-refractivity contribution >= 4 is 46.9 Å². The van der Waals surface area contributed by atoms with E-state index in [2.05, 4.69) is 40.7 Å². The molecule has 3 N–H and O–H groups in total. The van der Waals surface area contributed by atoms with Crippen LogP contribution in [0.25, 0.3) is 16.9 Å². The number of methoxy groups -OCH3 is 1. The van der Waals surface area contributed by atoms with Gasteiger partial charge in [-0.2, -0.15) is 0 Å². The molecule has 0 aliphatic carbocycles. The Kier molecular flexibility index (Phi) is 14.0. The van der Waals surface area contributed by atoms with Crippen molar-refractivity contribution in [2.75, 3.05) is 25.5 Å². The summed E-state index contributed by atoms with van der Waals surface area (Å²) in [6.07, 6.45) is 1.29. The van der Waals surface area contributed by atoms with Crippen LogP contribution >= 0.6 is 23.2 Å². The van der Waals surface area contributed by atoms with Gasteiger partial charge in [0.25, 0.3) is 5.56 Å². The number of hydrogen-bond acceptors (Lipinski definition) is 10. The highest BCUT2D eigenvalue weighted by molar-refractivity contribution is 6.31. The first-order chi connectivity index (χ1) is 24.7. The van der Waals surface area contributed by atoms with Crippen molar-refractivity contribution in [3.8, 4) is 16.9 Å². The lowest BCUT2D eigenvalue weighted by Crippen LogP contribution is -2.42. The van der Waals surface area contributed by atoms with Crippen LogP contribution in [0.3, 0.4) is 0 Å². The van der Waals surface area contributed by atoms with Gasteiger partial charge < -0.3 is 25.4 Å². The maximum atomic E-state index is 13.7. The van der Waals surface area contributed by atoms with E-state index in [1.165, 1.54) is 17.9 Å². The molecule has 0 fully saturated rings. The van der Waals surface area contributed by atoms with Crippen molar-refractivity contribution < 1.29 is 37.0 Å². The van der Waals surface area contributed by atoms with Crippen molar-refractivity contribution in [1.29, 1.82) is 0 Å². The topological polar surface area (TPSA) is 171 Å². The lowest BCUT2D eigenvalue weighted by molar-refractivity contribution is -0.304. The number of aromatic nitrogens is 5. The third kappa shape index (κ3) is 11.7. The van der Waals surface area contributed by atoms with Gasteiger partial charge in [-0.1, -0.05) is 53.4 Å². The monoisotopic (exact) mass is 766 g/mol. The van der Waals surface area contributed by atoms with Gasteiger partial charge in [0.1, 0.15) is 6.04 Å². The molecule has 1 aliphatic heterocycles. The summed E-state index contributed by atoms with van der Waals surface area (Å²) in [5.74, 6) is -1.50. The highest BCUT2D eigenvalue weighted by Gasteiger charge is 2.32. The average molecular weight is 768 g/mol. The van der Waals surface area contributed by atoms with Gasteiger partial charge in [0.15, 0.2) is 5.15 Å². The second-order valence-corrected chi connectivity index (χ2v) is 12.2. The average Bonchev–Trinajstić information content (AvgIpc) is 3.52. The Bertz CT molecular complexity index is 1920. The number of nitrogens with zero attached hydrogens (tertiary/aromatic N) is 5. The van der Waals surface area contributed by atoms with Crippen LogP contribution in [-0.2, 0) is 19.1 Å². The number of nitrogens with one attached hydrogen (secondary N) is 3. The van der Waals surface area contributed by atoms with E-state index in [9.17, 15) is 32.3 Å². The fourth-order valence-corrected chi connectivity index (χ4v) is 5.66. The zero-order chi connectivity index (χ0) is 37.8. The smallest absolute Gasteiger partial charge is 0.453 e. The summed E-state index contributed by atoms with van der Waals surface area (Å²) in [7, 11) is 1.29. The van der Waals surface area contributed by atoms with Crippen LogP contribution in [0.5, 0.6) is 0 Å². The number of carbonyl (C=O) groups is 3. The Hall–Kier alpha value is -5.16. The fraction of sp³-hybridized carbons (Fsp3) is 0.364. The summed E-state index contributed by atoms with van der Waals surface area (Å²) in [5, 5.41) is 17.5. The molecule has 0 unspecified atom stereocenters. The van der Waals surface area contributed by atoms with Crippen molar-refractivity contribution in [3.63, 3.8) is 0 Å². The molecule has 2 atom stereocenters. The van der Waals surface area contributed by atoms with E-state index in [4.69, 9.17) is 23.2 Å². The summed E-state index contributed by atoms with van der Waals surface area (Å²) < 4.78 is 43.2. The van der Waals surface area contributed by atoms with Gasteiger partial charge in [-0.25, -0.2) is 14.5 Å². The molecule has 2 aromatic heterocycles. The first kappa shape index (κ1) is 39.6. The molecule has 19 heteroatoms. The van der Waals surface area contributed by atoms with Crippen molar-refractivity contribution in [2.45, 2.75) is 57.5 Å². The fourth-order valence-electron chi connectivity index (χ4n) is 5.37. The maximum Gasteiger partial charge on any atom is 0.575 e. The molecule has 3 heterocycles. The molecule has 2 bridgehead atoms. The number of amides is 2. The maximum absolute atomic E-state index is 13.7. The number of ether oxygens (including phenoxy) is 2. The lowest BCUT2D eigenvalue weighted by Gasteiger charge is -2.22. The molecule has 1 aliphatic rings. The quantitative estimate of drug-likeness (QED) is 0.208. The number of benzene rings is 2. The van der Waals surface area contributed by atoms with Crippen LogP contribution in [0, 0.1) is 0 Å². The van der Waals surface area contributed by atoms with Gasteiger partial charge in [0.2, 0.25) is 5.91 Å². The summed E-state index contributed by atoms with van der Waals surface area (Å²) in [4.78, 5) is 52.4. The third-order valence-corrected chi connectivity index (χ3v) is 8.06. The molecule has 2 amide bonds. The third-order valence-electron chi connectivity index (χ3n) is 7.65. The van der Waals surface area contributed by atoms with Crippen molar-refractivity contribution in [1.82, 2.24) is 35.2 Å². The first-order valence-corrected chi connectivity index (χ1v) is 16.7. The Balaban J connectivity index is 0.000000677. The second kappa shape index (κ2) is 18.4. The zero-order valence-electron chi connectivity index (χ0n) is 28.0. The van der Waals surface area contributed by atoms with Crippen LogP contribution < -0.4 is 21.5 Å². The van der Waals surface area contributed by atoms with Crippen LogP contribution in [0.1, 0.15) is 50.6 Å². The summed E-state index contributed by atoms with van der Waals surface area (Å²) in [6.45, 7) is 1.47. The normalized spacial score (nSPS) is 16.3. The van der Waals surface area contributed by atoms with Crippen molar-refractivity contribution in [2.24, 2.45) is 0 Å². The number of anilines is 1. The molecule has 0 saturated heterocycles. The minimum atomic E-state index is -4.83. The van der Waals surface area contributed by atoms with E-state index < -0.39 is 24.5 Å². The number of alkyl carbamates (subject to hydrolysis) is 1. The van der Waals surface area contributed by atoms with Gasteiger partial charge in [-0.3, -0.25) is 19.0 Å². The van der Waals surface area contributed by atoms with Gasteiger partial charge in [-0.05, 0) is 55.2 Å². The molecular weight excluding hydrogens is 732 g/mol. The van der Waals surface area contributed by atoms with Crippen LogP contribution in [-0.4, -0.2) is 75.1 Å². The van der Waals surface area contributed by atoms with E-state index in [1.807, 2.05) is 24.3 Å². The van der Waals surface area contributed by atoms with E-state index >= 15 is 0 Å². The Labute approximate surface area is 305 Å². The molecular formula is C33H35Cl2F3N8O6. The zero-order valence-corrected chi connectivity index (χ0v) is 29.5. The highest BCUT2D eigenvalue weighted by atomic mass is 35.5. The second-order valence-electron chi connectivity index (χ2n) is 11.4. The van der Waals surface area contributed by atoms with E-state index in [0.29, 0.717) is 48.3 Å². The number of carbonyl (C=O) groups excluding carboxylic acids is 3. The number of halogens is 5. The van der Waals surface area contributed by atoms with Crippen molar-refractivity contribution in [3.05, 3.63) is 87.1 Å². The number of hydrogen-bond donors (Lipinski definition) is 3. The van der Waals surface area contributed by atoms with E-state index in [0.717, 1.165) is 30.5 Å². The van der Waals surface area contributed by atoms with Crippen LogP contribution in [0.2, 0.25) is 10.2 Å². The van der Waals surface area contributed by atoms with E-state index in [1.54, 1.807) is 35.3 Å². The van der Waals surface area contributed by atoms with Crippen LogP contribution in [0.15, 0.2) is 65.8 Å². The molecule has 14 nitrogen and oxygen atoms in total. The molecule has 0 radical (unpaired) electrons. The molecule has 52 heavy (non-hydrogen) atoms. The molecule has 0 spiro atoms. The number of esters is 1. The highest BCUT2D eigenvalue weighted by Crippen LogP contribution is 2.30. The molecule has 4 aromatic rings. The Morgan fingerprint density at radius 3 is 2.52 bits per heavy atom. The molecule has 0 saturated carbocycles. The molecule has 2 aromatic carbocycles. The minimum absolute atomic E-state index is 0.151. The summed E-state index contributed by atoms with van der Waals surface area (Å²) in [6, 6.07) is 13.5. The predicted octanol–water partition coefficient (Wildman–Crippen LogP) is 5.67. The van der Waals surface area contributed by atoms with Gasteiger partial charge in [-0.15, -0.1) is 18.3 Å². The standard InChI is InChI=1S/C30H32Cl2N8O4.C3H3F3O2/c1-44-30(43)34-13-11-23-29(42)33-12-4-2-3-8-25(19-6-5-7-21(14-19)36-23)39-18-35-24(16-28(39)41)22-15-20(31)9-10-26(22)40-17-27(32)37-38-40;1-2(7)8-3(4,5)6/h5-7,9-10,14-18,23,25,36H,2-4,8,11-13H2,1H3,(H,33,42)(H,34,43);1H3/t23-,25-;/m0./s1. The number of alkyl halides is 3. The summed E-state index contributed by atoms with van der Waals surface area (Å²) >= 11 is 12.3. The first-order valence-electron chi connectivity index (χ1n) is 15.9. The number of fused-ring (bicyclic) bond motifs is 2. The summed E-state index contributed by atoms with van der Waals surface area (Å²) in [5.41, 5.74) is 3.06. The van der Waals surface area contributed by atoms with Gasteiger partial charge >= 0.3 is 18.4 Å². The lowest BCUT2D eigenvalue weighted by atomic mass is 9.99. The SMILES string of the molecule is CC(=O)OC(F)(F)F.COC(=O)NCC[C@@H]1Nc2cccc(c2)[C@@H](n2cnc(-c3cc(Cl)ccc3-n3cc(Cl)nn3)cc2=O)CCCCCNC1=O. The molecule has 5 rings (SSSR count). The molecule has 278 valence electrons. The van der Waals surface area contributed by atoms with E-state index in [-0.39, 0.29) is 29.2 Å². The number of rotatable bonds is 6. The van der Waals surface area contributed by atoms with Gasteiger partial charge in [0, 0.05) is 42.4 Å². The van der Waals surface area contributed by atoms with Crippen LogP contribution in [0.4, 0.5) is 23.7 Å². The largest absolute Gasteiger partial charge is 0.575 e. The Morgan fingerprint density at radius 2 is 1.87 bits per heavy atom. The minimum Gasteiger partial charge on any atom is -0.453 e.